The largest absolute Gasteiger partial charge is 0.439 e. The van der Waals surface area contributed by atoms with Crippen LogP contribution in [0.2, 0.25) is 0 Å². The molecule has 1 saturated heterocycles. The van der Waals surface area contributed by atoms with E-state index in [1.54, 1.807) is 0 Å². The molecule has 1 aliphatic heterocycles. The number of hydrogen-bond donors (Lipinski definition) is 1. The Kier molecular flexibility index (Phi) is 4.14. The fourth-order valence-electron chi connectivity index (χ4n) is 2.67. The maximum absolute atomic E-state index is 5.86. The van der Waals surface area contributed by atoms with Gasteiger partial charge in [-0.3, -0.25) is 4.90 Å². The van der Waals surface area contributed by atoms with Crippen LogP contribution in [0.3, 0.4) is 0 Å². The molecule has 1 aromatic carbocycles. The van der Waals surface area contributed by atoms with E-state index in [2.05, 4.69) is 22.2 Å². The zero-order valence-electron chi connectivity index (χ0n) is 11.9. The number of aromatic nitrogens is 1. The second-order valence-electron chi connectivity index (χ2n) is 5.40. The SMILES string of the molecule is CN(Cc1ncc(-c2ccccc2)o1)C1CCCNC1. The van der Waals surface area contributed by atoms with Crippen LogP contribution in [-0.2, 0) is 6.54 Å². The quantitative estimate of drug-likeness (QED) is 0.928. The van der Waals surface area contributed by atoms with Gasteiger partial charge in [-0.25, -0.2) is 4.98 Å². The van der Waals surface area contributed by atoms with Gasteiger partial charge >= 0.3 is 0 Å². The Morgan fingerprint density at radius 2 is 2.20 bits per heavy atom. The summed E-state index contributed by atoms with van der Waals surface area (Å²) in [5, 5.41) is 3.44. The molecule has 0 bridgehead atoms. The first kappa shape index (κ1) is 13.3. The molecule has 1 atom stereocenters. The van der Waals surface area contributed by atoms with Crippen molar-refractivity contribution in [3.8, 4) is 11.3 Å². The first-order valence-electron chi connectivity index (χ1n) is 7.24. The Labute approximate surface area is 119 Å². The number of rotatable bonds is 4. The van der Waals surface area contributed by atoms with Gasteiger partial charge in [0.25, 0.3) is 0 Å². The Morgan fingerprint density at radius 1 is 1.35 bits per heavy atom. The van der Waals surface area contributed by atoms with E-state index in [4.69, 9.17) is 4.42 Å². The van der Waals surface area contributed by atoms with Crippen LogP contribution >= 0.6 is 0 Å². The molecule has 0 spiro atoms. The van der Waals surface area contributed by atoms with Crippen LogP contribution in [0.4, 0.5) is 0 Å². The van der Waals surface area contributed by atoms with Crippen LogP contribution in [0.1, 0.15) is 18.7 Å². The van der Waals surface area contributed by atoms with Crippen LogP contribution in [0.15, 0.2) is 40.9 Å². The maximum atomic E-state index is 5.86. The van der Waals surface area contributed by atoms with Gasteiger partial charge in [-0.1, -0.05) is 30.3 Å². The Morgan fingerprint density at radius 3 is 2.95 bits per heavy atom. The lowest BCUT2D eigenvalue weighted by Crippen LogP contribution is -2.43. The second-order valence-corrected chi connectivity index (χ2v) is 5.40. The highest BCUT2D eigenvalue weighted by Crippen LogP contribution is 2.21. The van der Waals surface area contributed by atoms with E-state index < -0.39 is 0 Å². The molecular weight excluding hydrogens is 250 g/mol. The molecule has 106 valence electrons. The molecule has 1 aliphatic rings. The molecule has 4 heteroatoms. The lowest BCUT2D eigenvalue weighted by atomic mass is 10.1. The normalized spacial score (nSPS) is 19.4. The monoisotopic (exact) mass is 271 g/mol. The predicted molar refractivity (Wildman–Crippen MR) is 79.3 cm³/mol. The second kappa shape index (κ2) is 6.20. The van der Waals surface area contributed by atoms with Crippen molar-refractivity contribution in [3.63, 3.8) is 0 Å². The number of benzene rings is 1. The van der Waals surface area contributed by atoms with Gasteiger partial charge in [-0.2, -0.15) is 0 Å². The third kappa shape index (κ3) is 3.08. The number of oxazole rings is 1. The van der Waals surface area contributed by atoms with Gasteiger partial charge in [-0.05, 0) is 26.4 Å². The standard InChI is InChI=1S/C16H21N3O/c1-19(14-8-5-9-17-10-14)12-16-18-11-15(20-16)13-6-3-2-4-7-13/h2-4,6-7,11,14,17H,5,8-10,12H2,1H3. The molecule has 2 heterocycles. The van der Waals surface area contributed by atoms with Crippen molar-refractivity contribution in [2.75, 3.05) is 20.1 Å². The fraction of sp³-hybridized carbons (Fsp3) is 0.438. The van der Waals surface area contributed by atoms with Gasteiger partial charge < -0.3 is 9.73 Å². The van der Waals surface area contributed by atoms with Gasteiger partial charge in [0.05, 0.1) is 12.7 Å². The summed E-state index contributed by atoms with van der Waals surface area (Å²) in [6.45, 7) is 2.96. The van der Waals surface area contributed by atoms with Crippen molar-refractivity contribution in [1.29, 1.82) is 0 Å². The molecule has 0 aliphatic carbocycles. The highest BCUT2D eigenvalue weighted by molar-refractivity contribution is 5.55. The number of nitrogens with one attached hydrogen (secondary N) is 1. The predicted octanol–water partition coefficient (Wildman–Crippen LogP) is 2.53. The zero-order valence-corrected chi connectivity index (χ0v) is 11.9. The van der Waals surface area contributed by atoms with Crippen LogP contribution in [0.5, 0.6) is 0 Å². The molecule has 0 radical (unpaired) electrons. The summed E-state index contributed by atoms with van der Waals surface area (Å²) in [4.78, 5) is 6.72. The van der Waals surface area contributed by atoms with Gasteiger partial charge in [0, 0.05) is 18.2 Å². The highest BCUT2D eigenvalue weighted by atomic mass is 16.4. The van der Waals surface area contributed by atoms with Crippen molar-refractivity contribution in [2.24, 2.45) is 0 Å². The van der Waals surface area contributed by atoms with Crippen molar-refractivity contribution >= 4 is 0 Å². The van der Waals surface area contributed by atoms with E-state index in [-0.39, 0.29) is 0 Å². The minimum absolute atomic E-state index is 0.579. The third-order valence-electron chi connectivity index (χ3n) is 3.89. The van der Waals surface area contributed by atoms with Crippen LogP contribution in [0, 0.1) is 0 Å². The molecule has 1 N–H and O–H groups in total. The van der Waals surface area contributed by atoms with Crippen LogP contribution in [0.25, 0.3) is 11.3 Å². The van der Waals surface area contributed by atoms with Gasteiger partial charge in [0.1, 0.15) is 0 Å². The summed E-state index contributed by atoms with van der Waals surface area (Å²) in [5.74, 6) is 1.63. The molecule has 0 amide bonds. The maximum Gasteiger partial charge on any atom is 0.209 e. The summed E-state index contributed by atoms with van der Waals surface area (Å²) in [6, 6.07) is 10.7. The van der Waals surface area contributed by atoms with Crippen LogP contribution in [-0.4, -0.2) is 36.1 Å². The lowest BCUT2D eigenvalue weighted by Gasteiger charge is -2.30. The molecular formula is C16H21N3O. The Hall–Kier alpha value is -1.65. The van der Waals surface area contributed by atoms with Crippen molar-refractivity contribution in [3.05, 3.63) is 42.4 Å². The topological polar surface area (TPSA) is 41.3 Å². The molecule has 0 saturated carbocycles. The fourth-order valence-corrected chi connectivity index (χ4v) is 2.67. The summed E-state index contributed by atoms with van der Waals surface area (Å²) in [6.07, 6.45) is 4.31. The molecule has 1 aromatic heterocycles. The molecule has 1 unspecified atom stereocenters. The number of nitrogens with zero attached hydrogens (tertiary/aromatic N) is 2. The molecule has 2 aromatic rings. The lowest BCUT2D eigenvalue weighted by molar-refractivity contribution is 0.181. The number of likely N-dealkylation sites (N-methyl/N-ethyl adjacent to an activating group) is 1. The van der Waals surface area contributed by atoms with Crippen LogP contribution < -0.4 is 5.32 Å². The van der Waals surface area contributed by atoms with E-state index in [9.17, 15) is 0 Å². The molecule has 4 nitrogen and oxygen atoms in total. The van der Waals surface area contributed by atoms with Gasteiger partial charge in [-0.15, -0.1) is 0 Å². The highest BCUT2D eigenvalue weighted by Gasteiger charge is 2.19. The van der Waals surface area contributed by atoms with Crippen molar-refractivity contribution in [1.82, 2.24) is 15.2 Å². The average molecular weight is 271 g/mol. The molecule has 1 fully saturated rings. The van der Waals surface area contributed by atoms with E-state index >= 15 is 0 Å². The Bertz CT molecular complexity index is 532. The van der Waals surface area contributed by atoms with Crippen molar-refractivity contribution in [2.45, 2.75) is 25.4 Å². The summed E-state index contributed by atoms with van der Waals surface area (Å²) >= 11 is 0. The Balaban J connectivity index is 1.65. The third-order valence-corrected chi connectivity index (χ3v) is 3.89. The average Bonchev–Trinajstić information content (AvgIpc) is 2.97. The summed E-state index contributed by atoms with van der Waals surface area (Å²) in [7, 11) is 2.14. The number of hydrogen-bond acceptors (Lipinski definition) is 4. The van der Waals surface area contributed by atoms with E-state index in [0.717, 1.165) is 36.8 Å². The van der Waals surface area contributed by atoms with Gasteiger partial charge in [0.2, 0.25) is 5.89 Å². The van der Waals surface area contributed by atoms with E-state index in [1.807, 2.05) is 36.5 Å². The molecule has 3 rings (SSSR count). The first-order valence-corrected chi connectivity index (χ1v) is 7.24. The van der Waals surface area contributed by atoms with Crippen molar-refractivity contribution < 1.29 is 4.42 Å². The summed E-state index contributed by atoms with van der Waals surface area (Å²) < 4.78 is 5.86. The smallest absolute Gasteiger partial charge is 0.209 e. The first-order chi connectivity index (χ1) is 9.83. The van der Waals surface area contributed by atoms with E-state index in [0.29, 0.717) is 6.04 Å². The minimum Gasteiger partial charge on any atom is -0.439 e. The van der Waals surface area contributed by atoms with E-state index in [1.165, 1.54) is 12.8 Å². The summed E-state index contributed by atoms with van der Waals surface area (Å²) in [5.41, 5.74) is 1.08. The zero-order chi connectivity index (χ0) is 13.8. The van der Waals surface area contributed by atoms with Gasteiger partial charge in [0.15, 0.2) is 5.76 Å². The minimum atomic E-state index is 0.579. The molecule has 20 heavy (non-hydrogen) atoms. The number of piperidine rings is 1.